The molecule has 10 heteroatoms. The van der Waals surface area contributed by atoms with Gasteiger partial charge in [0.1, 0.15) is 24.6 Å². The number of carboxylic acids is 1. The second-order valence-electron chi connectivity index (χ2n) is 6.28. The minimum absolute atomic E-state index is 0.199. The van der Waals surface area contributed by atoms with Gasteiger partial charge in [0.25, 0.3) is 5.91 Å². The highest BCUT2D eigenvalue weighted by molar-refractivity contribution is 6.03. The highest BCUT2D eigenvalue weighted by Crippen LogP contribution is 2.24. The van der Waals surface area contributed by atoms with E-state index in [1.807, 2.05) is 30.3 Å². The van der Waals surface area contributed by atoms with E-state index >= 15 is 0 Å². The summed E-state index contributed by atoms with van der Waals surface area (Å²) >= 11 is 0. The molecule has 0 radical (unpaired) electrons. The minimum Gasteiger partial charge on any atom is -0.492 e. The summed E-state index contributed by atoms with van der Waals surface area (Å²) in [5.41, 5.74) is 1.12. The minimum atomic E-state index is -1.28. The molecule has 0 aliphatic heterocycles. The van der Waals surface area contributed by atoms with Gasteiger partial charge < -0.3 is 14.9 Å². The molecule has 0 aliphatic rings. The van der Waals surface area contributed by atoms with E-state index in [0.29, 0.717) is 17.9 Å². The van der Waals surface area contributed by atoms with Crippen molar-refractivity contribution in [1.29, 1.82) is 0 Å². The zero-order valence-electron chi connectivity index (χ0n) is 16.1. The normalized spacial score (nSPS) is 10.2. The predicted molar refractivity (Wildman–Crippen MR) is 110 cm³/mol. The molecule has 0 fully saturated rings. The topological polar surface area (TPSA) is 142 Å². The van der Waals surface area contributed by atoms with Crippen LogP contribution in [0.2, 0.25) is 0 Å². The summed E-state index contributed by atoms with van der Waals surface area (Å²) in [7, 11) is 0. The Hall–Kier alpha value is -4.47. The van der Waals surface area contributed by atoms with E-state index in [4.69, 9.17) is 9.84 Å². The maximum Gasteiger partial charge on any atom is 0.323 e. The fraction of sp³-hybridized carbons (Fsp3) is 0.0952. The number of carbonyl (C=O) groups excluding carboxylic acids is 2. The Bertz CT molecular complexity index is 1070. The van der Waals surface area contributed by atoms with Gasteiger partial charge in [-0.3, -0.25) is 24.6 Å². The summed E-state index contributed by atoms with van der Waals surface area (Å²) < 4.78 is 5.67. The first-order valence-electron chi connectivity index (χ1n) is 9.04. The lowest BCUT2D eigenvalue weighted by Crippen LogP contribution is -2.28. The molecular formula is C21H18N4O6. The van der Waals surface area contributed by atoms with Gasteiger partial charge in [0.15, 0.2) is 0 Å². The number of nitrogens with zero attached hydrogens (tertiary/aromatic N) is 3. The first-order chi connectivity index (χ1) is 15.0. The Morgan fingerprint density at radius 3 is 2.42 bits per heavy atom. The molecule has 3 aromatic rings. The Morgan fingerprint density at radius 2 is 1.81 bits per heavy atom. The Balaban J connectivity index is 1.62. The van der Waals surface area contributed by atoms with Crippen LogP contribution in [0.4, 0.5) is 11.6 Å². The summed E-state index contributed by atoms with van der Waals surface area (Å²) in [6, 6.07) is 16.1. The van der Waals surface area contributed by atoms with E-state index in [2.05, 4.69) is 15.3 Å². The number of anilines is 2. The number of hydrogen-bond acceptors (Lipinski definition) is 7. The van der Waals surface area contributed by atoms with Crippen molar-refractivity contribution in [3.63, 3.8) is 0 Å². The van der Waals surface area contributed by atoms with E-state index in [9.17, 15) is 19.5 Å². The van der Waals surface area contributed by atoms with Gasteiger partial charge >= 0.3 is 5.97 Å². The lowest BCUT2D eigenvalue weighted by molar-refractivity contribution is -0.136. The number of ether oxygens (including phenoxy) is 1. The van der Waals surface area contributed by atoms with Gasteiger partial charge in [0.05, 0.1) is 6.20 Å². The number of aliphatic carboxylic acids is 1. The number of aromatic nitrogens is 2. The zero-order chi connectivity index (χ0) is 22.2. The predicted octanol–water partition coefficient (Wildman–Crippen LogP) is 2.06. The quantitative estimate of drug-likeness (QED) is 0.445. The number of nitrogens with one attached hydrogen (secondary N) is 1. The molecule has 0 spiro atoms. The molecule has 0 unspecified atom stereocenters. The second kappa shape index (κ2) is 9.83. The van der Waals surface area contributed by atoms with Gasteiger partial charge in [0, 0.05) is 5.56 Å². The first-order valence-corrected chi connectivity index (χ1v) is 9.04. The lowest BCUT2D eigenvalue weighted by atomic mass is 10.2. The van der Waals surface area contributed by atoms with E-state index in [0.717, 1.165) is 16.7 Å². The molecule has 0 bridgehead atoms. The summed E-state index contributed by atoms with van der Waals surface area (Å²) in [5, 5.41) is 21.2. The first kappa shape index (κ1) is 21.2. The standard InChI is InChI=1S/C21H18N4O6/c26-13-25(11-18(27)28)17-10-22-21(24-20(17)30)23-19(29)15-6-8-16(9-7-15)31-12-14-4-2-1-3-5-14/h1-10,13H,11-12H2,(H,27,28)(H2,22,23,24,29,30). The number of amides is 2. The number of rotatable bonds is 9. The third kappa shape index (κ3) is 5.76. The largest absolute Gasteiger partial charge is 0.492 e. The van der Waals surface area contributed by atoms with Crippen LogP contribution in [0, 0.1) is 0 Å². The van der Waals surface area contributed by atoms with Crippen LogP contribution >= 0.6 is 0 Å². The van der Waals surface area contributed by atoms with Crippen molar-refractivity contribution >= 4 is 29.9 Å². The molecule has 1 heterocycles. The van der Waals surface area contributed by atoms with Crippen molar-refractivity contribution in [2.24, 2.45) is 0 Å². The second-order valence-corrected chi connectivity index (χ2v) is 6.28. The van der Waals surface area contributed by atoms with Crippen LogP contribution in [0.25, 0.3) is 0 Å². The zero-order valence-corrected chi connectivity index (χ0v) is 16.1. The fourth-order valence-corrected chi connectivity index (χ4v) is 2.57. The lowest BCUT2D eigenvalue weighted by Gasteiger charge is -2.15. The van der Waals surface area contributed by atoms with E-state index in [1.54, 1.807) is 24.3 Å². The molecule has 31 heavy (non-hydrogen) atoms. The molecule has 158 valence electrons. The van der Waals surface area contributed by atoms with Crippen molar-refractivity contribution < 1.29 is 29.3 Å². The summed E-state index contributed by atoms with van der Waals surface area (Å²) in [6.45, 7) is -0.281. The van der Waals surface area contributed by atoms with Gasteiger partial charge in [0.2, 0.25) is 18.2 Å². The fourth-order valence-electron chi connectivity index (χ4n) is 2.57. The summed E-state index contributed by atoms with van der Waals surface area (Å²) in [4.78, 5) is 42.4. The maximum absolute atomic E-state index is 12.4. The van der Waals surface area contributed by atoms with Crippen molar-refractivity contribution in [3.05, 3.63) is 71.9 Å². The molecule has 0 saturated heterocycles. The smallest absolute Gasteiger partial charge is 0.323 e. The van der Waals surface area contributed by atoms with Gasteiger partial charge in [-0.05, 0) is 29.8 Å². The van der Waals surface area contributed by atoms with Crippen LogP contribution in [0.15, 0.2) is 60.8 Å². The number of aromatic hydroxyl groups is 1. The Labute approximate surface area is 176 Å². The third-order valence-corrected chi connectivity index (χ3v) is 4.08. The van der Waals surface area contributed by atoms with E-state index < -0.39 is 24.3 Å². The highest BCUT2D eigenvalue weighted by atomic mass is 16.5. The van der Waals surface area contributed by atoms with E-state index in [1.165, 1.54) is 0 Å². The van der Waals surface area contributed by atoms with Crippen LogP contribution in [0.3, 0.4) is 0 Å². The molecule has 10 nitrogen and oxygen atoms in total. The summed E-state index contributed by atoms with van der Waals surface area (Å²) in [6.07, 6.45) is 1.27. The number of benzene rings is 2. The molecular weight excluding hydrogens is 404 g/mol. The Kier molecular flexibility index (Phi) is 6.74. The molecule has 3 N–H and O–H groups in total. The van der Waals surface area contributed by atoms with Crippen molar-refractivity contribution in [1.82, 2.24) is 9.97 Å². The van der Waals surface area contributed by atoms with Crippen molar-refractivity contribution in [2.45, 2.75) is 6.61 Å². The average Bonchev–Trinajstić information content (AvgIpc) is 2.77. The van der Waals surface area contributed by atoms with Crippen LogP contribution in [-0.4, -0.2) is 45.0 Å². The molecule has 0 atom stereocenters. The van der Waals surface area contributed by atoms with E-state index in [-0.39, 0.29) is 18.0 Å². The van der Waals surface area contributed by atoms with Gasteiger partial charge in [-0.15, -0.1) is 0 Å². The van der Waals surface area contributed by atoms with Crippen molar-refractivity contribution in [3.8, 4) is 11.6 Å². The van der Waals surface area contributed by atoms with Crippen LogP contribution in [-0.2, 0) is 16.2 Å². The number of carbonyl (C=O) groups is 3. The van der Waals surface area contributed by atoms with Crippen LogP contribution in [0.1, 0.15) is 15.9 Å². The average molecular weight is 422 g/mol. The summed E-state index contributed by atoms with van der Waals surface area (Å²) in [5.74, 6) is -2.08. The molecule has 2 aromatic carbocycles. The maximum atomic E-state index is 12.4. The van der Waals surface area contributed by atoms with Gasteiger partial charge in [-0.25, -0.2) is 4.98 Å². The third-order valence-electron chi connectivity index (χ3n) is 4.08. The van der Waals surface area contributed by atoms with Crippen molar-refractivity contribution in [2.75, 3.05) is 16.8 Å². The molecule has 2 amide bonds. The van der Waals surface area contributed by atoms with Crippen LogP contribution in [0.5, 0.6) is 11.6 Å². The highest BCUT2D eigenvalue weighted by Gasteiger charge is 2.17. The molecule has 0 saturated carbocycles. The van der Waals surface area contributed by atoms with Crippen LogP contribution < -0.4 is 15.0 Å². The number of hydrogen-bond donors (Lipinski definition) is 3. The monoisotopic (exact) mass is 422 g/mol. The van der Waals surface area contributed by atoms with Gasteiger partial charge in [-0.1, -0.05) is 30.3 Å². The SMILES string of the molecule is O=CN(CC(=O)O)c1cnc(NC(=O)c2ccc(OCc3ccccc3)cc2)nc1O. The molecule has 0 aliphatic carbocycles. The molecule has 3 rings (SSSR count). The molecule has 1 aromatic heterocycles. The Morgan fingerprint density at radius 1 is 1.10 bits per heavy atom. The number of carboxylic acid groups (broad SMARTS) is 1. The van der Waals surface area contributed by atoms with Gasteiger partial charge in [-0.2, -0.15) is 4.98 Å².